The number of carbonyl (C=O) groups is 1. The third-order valence-corrected chi connectivity index (χ3v) is 4.34. The molecule has 0 aliphatic carbocycles. The predicted molar refractivity (Wildman–Crippen MR) is 84.5 cm³/mol. The lowest BCUT2D eigenvalue weighted by atomic mass is 10.2. The van der Waals surface area contributed by atoms with Gasteiger partial charge in [0.2, 0.25) is 15.9 Å². The van der Waals surface area contributed by atoms with Crippen LogP contribution in [-0.2, 0) is 14.8 Å². The normalized spacial score (nSPS) is 11.5. The fraction of sp³-hybridized carbons (Fsp3) is 0.500. The van der Waals surface area contributed by atoms with Crippen LogP contribution in [0, 0.1) is 6.92 Å². The lowest BCUT2D eigenvalue weighted by Gasteiger charge is -2.12. The largest absolute Gasteiger partial charge is 0.495 e. The molecule has 22 heavy (non-hydrogen) atoms. The third kappa shape index (κ3) is 5.63. The smallest absolute Gasteiger partial charge is 0.244 e. The zero-order valence-electron chi connectivity index (χ0n) is 13.3. The van der Waals surface area contributed by atoms with Gasteiger partial charge in [-0.25, -0.2) is 13.1 Å². The van der Waals surface area contributed by atoms with Crippen LogP contribution in [0.1, 0.15) is 5.56 Å². The number of carbonyl (C=O) groups excluding carboxylic acids is 1. The first-order valence-corrected chi connectivity index (χ1v) is 8.30. The van der Waals surface area contributed by atoms with Gasteiger partial charge in [-0.2, -0.15) is 0 Å². The molecule has 0 aliphatic rings. The molecule has 1 aromatic carbocycles. The molecule has 124 valence electrons. The van der Waals surface area contributed by atoms with Crippen LogP contribution in [0.5, 0.6) is 5.75 Å². The third-order valence-electron chi connectivity index (χ3n) is 2.91. The molecule has 0 saturated heterocycles. The van der Waals surface area contributed by atoms with Crippen molar-refractivity contribution in [2.45, 2.75) is 11.8 Å². The van der Waals surface area contributed by atoms with Crippen molar-refractivity contribution in [3.8, 4) is 5.75 Å². The van der Waals surface area contributed by atoms with Crippen molar-refractivity contribution in [1.29, 1.82) is 0 Å². The highest BCUT2D eigenvalue weighted by Gasteiger charge is 2.20. The first-order valence-electron chi connectivity index (χ1n) is 6.82. The van der Waals surface area contributed by atoms with Gasteiger partial charge in [-0.1, -0.05) is 6.07 Å². The number of hydrogen-bond donors (Lipinski definition) is 2. The summed E-state index contributed by atoms with van der Waals surface area (Å²) >= 11 is 0. The molecule has 7 nitrogen and oxygen atoms in total. The molecular formula is C14H23N3O4S. The number of likely N-dealkylation sites (N-methyl/N-ethyl adjacent to an activating group) is 1. The summed E-state index contributed by atoms with van der Waals surface area (Å²) in [5, 5.41) is 2.64. The molecule has 0 unspecified atom stereocenters. The molecule has 1 aromatic rings. The maximum Gasteiger partial charge on any atom is 0.244 e. The second-order valence-electron chi connectivity index (χ2n) is 5.13. The minimum absolute atomic E-state index is 0.0242. The van der Waals surface area contributed by atoms with Crippen molar-refractivity contribution >= 4 is 15.9 Å². The van der Waals surface area contributed by atoms with E-state index in [1.807, 2.05) is 19.0 Å². The number of sulfonamides is 1. The second kappa shape index (κ2) is 8.11. The van der Waals surface area contributed by atoms with Gasteiger partial charge in [-0.15, -0.1) is 0 Å². The quantitative estimate of drug-likeness (QED) is 0.699. The summed E-state index contributed by atoms with van der Waals surface area (Å²) in [6, 6.07) is 4.85. The highest BCUT2D eigenvalue weighted by atomic mass is 32.2. The summed E-state index contributed by atoms with van der Waals surface area (Å²) in [5.41, 5.74) is 0.789. The van der Waals surface area contributed by atoms with Gasteiger partial charge >= 0.3 is 0 Å². The first kappa shape index (κ1) is 18.4. The maximum atomic E-state index is 12.3. The highest BCUT2D eigenvalue weighted by Crippen LogP contribution is 2.24. The number of methoxy groups -OCH3 is 1. The van der Waals surface area contributed by atoms with E-state index in [1.165, 1.54) is 13.2 Å². The van der Waals surface area contributed by atoms with Crippen LogP contribution < -0.4 is 14.8 Å². The summed E-state index contributed by atoms with van der Waals surface area (Å²) in [7, 11) is 1.37. The number of aryl methyl sites for hydroxylation is 1. The topological polar surface area (TPSA) is 87.7 Å². The molecule has 0 aromatic heterocycles. The average Bonchev–Trinajstić information content (AvgIpc) is 2.45. The van der Waals surface area contributed by atoms with E-state index in [9.17, 15) is 13.2 Å². The fourth-order valence-electron chi connectivity index (χ4n) is 1.71. The van der Waals surface area contributed by atoms with Gasteiger partial charge in [0, 0.05) is 13.1 Å². The molecule has 0 bridgehead atoms. The Balaban J connectivity index is 2.68. The van der Waals surface area contributed by atoms with E-state index in [2.05, 4.69) is 10.0 Å². The molecule has 0 atom stereocenters. The van der Waals surface area contributed by atoms with E-state index in [0.29, 0.717) is 13.1 Å². The summed E-state index contributed by atoms with van der Waals surface area (Å²) in [6.45, 7) is 2.62. The van der Waals surface area contributed by atoms with Gasteiger partial charge in [0.05, 0.1) is 13.7 Å². The fourth-order valence-corrected chi connectivity index (χ4v) is 2.95. The summed E-state index contributed by atoms with van der Waals surface area (Å²) in [6.07, 6.45) is 0. The zero-order valence-corrected chi connectivity index (χ0v) is 14.2. The summed E-state index contributed by atoms with van der Waals surface area (Å²) < 4.78 is 31.9. The molecule has 0 spiro atoms. The molecule has 0 radical (unpaired) electrons. The predicted octanol–water partition coefficient (Wildman–Crippen LogP) is -0.0403. The van der Waals surface area contributed by atoms with E-state index in [0.717, 1.165) is 5.56 Å². The Labute approximate surface area is 131 Å². The van der Waals surface area contributed by atoms with Gasteiger partial charge in [-0.3, -0.25) is 4.79 Å². The Morgan fingerprint density at radius 2 is 2.00 bits per heavy atom. The van der Waals surface area contributed by atoms with Gasteiger partial charge in [0.15, 0.2) is 0 Å². The van der Waals surface area contributed by atoms with Crippen LogP contribution >= 0.6 is 0 Å². The monoisotopic (exact) mass is 329 g/mol. The standard InChI is InChI=1S/C14H23N3O4S/c1-11-5-6-12(21-4)13(9-11)22(19,20)16-10-14(18)15-7-8-17(2)3/h5-6,9,16H,7-8,10H2,1-4H3,(H,15,18). The lowest BCUT2D eigenvalue weighted by molar-refractivity contribution is -0.119. The molecular weight excluding hydrogens is 306 g/mol. The molecule has 2 N–H and O–H groups in total. The molecule has 0 aliphatic heterocycles. The first-order chi connectivity index (χ1) is 10.3. The maximum absolute atomic E-state index is 12.3. The van der Waals surface area contributed by atoms with Crippen LogP contribution in [0.15, 0.2) is 23.1 Å². The van der Waals surface area contributed by atoms with Crippen molar-refractivity contribution in [1.82, 2.24) is 14.9 Å². The number of ether oxygens (including phenoxy) is 1. The van der Waals surface area contributed by atoms with E-state index in [-0.39, 0.29) is 23.1 Å². The Morgan fingerprint density at radius 1 is 1.32 bits per heavy atom. The average molecular weight is 329 g/mol. The number of amides is 1. The zero-order chi connectivity index (χ0) is 16.8. The van der Waals surface area contributed by atoms with Crippen LogP contribution in [0.3, 0.4) is 0 Å². The second-order valence-corrected chi connectivity index (χ2v) is 6.87. The van der Waals surface area contributed by atoms with Crippen molar-refractivity contribution < 1.29 is 17.9 Å². The van der Waals surface area contributed by atoms with Crippen molar-refractivity contribution in [3.05, 3.63) is 23.8 Å². The van der Waals surface area contributed by atoms with Gasteiger partial charge in [0.1, 0.15) is 10.6 Å². The van der Waals surface area contributed by atoms with E-state index in [1.54, 1.807) is 19.1 Å². The van der Waals surface area contributed by atoms with Crippen LogP contribution in [0.2, 0.25) is 0 Å². The van der Waals surface area contributed by atoms with E-state index >= 15 is 0 Å². The molecule has 1 amide bonds. The number of nitrogens with zero attached hydrogens (tertiary/aromatic N) is 1. The summed E-state index contributed by atoms with van der Waals surface area (Å²) in [5.74, 6) is -0.136. The van der Waals surface area contributed by atoms with Crippen molar-refractivity contribution in [2.75, 3.05) is 40.8 Å². The SMILES string of the molecule is COc1ccc(C)cc1S(=O)(=O)NCC(=O)NCCN(C)C. The molecule has 0 heterocycles. The van der Waals surface area contributed by atoms with Crippen LogP contribution in [0.4, 0.5) is 0 Å². The van der Waals surface area contributed by atoms with Crippen LogP contribution in [0.25, 0.3) is 0 Å². The Bertz CT molecular complexity index is 615. The summed E-state index contributed by atoms with van der Waals surface area (Å²) in [4.78, 5) is 13.6. The van der Waals surface area contributed by atoms with Gasteiger partial charge < -0.3 is 15.0 Å². The minimum atomic E-state index is -3.81. The number of benzene rings is 1. The Kier molecular flexibility index (Phi) is 6.79. The molecule has 1 rings (SSSR count). The highest BCUT2D eigenvalue weighted by molar-refractivity contribution is 7.89. The minimum Gasteiger partial charge on any atom is -0.495 e. The molecule has 8 heteroatoms. The van der Waals surface area contributed by atoms with Crippen molar-refractivity contribution in [3.63, 3.8) is 0 Å². The Hall–Kier alpha value is -1.64. The van der Waals surface area contributed by atoms with E-state index in [4.69, 9.17) is 4.74 Å². The van der Waals surface area contributed by atoms with Crippen LogP contribution in [-0.4, -0.2) is 60.1 Å². The Morgan fingerprint density at radius 3 is 2.59 bits per heavy atom. The lowest BCUT2D eigenvalue weighted by Crippen LogP contribution is -2.39. The molecule has 0 saturated carbocycles. The van der Waals surface area contributed by atoms with E-state index < -0.39 is 10.0 Å². The number of rotatable bonds is 8. The number of hydrogen-bond acceptors (Lipinski definition) is 5. The number of nitrogens with one attached hydrogen (secondary N) is 2. The molecule has 0 fully saturated rings. The van der Waals surface area contributed by atoms with Gasteiger partial charge in [0.25, 0.3) is 0 Å². The van der Waals surface area contributed by atoms with Gasteiger partial charge in [-0.05, 0) is 38.7 Å². The van der Waals surface area contributed by atoms with Crippen molar-refractivity contribution in [2.24, 2.45) is 0 Å².